The number of para-hydroxylation sites is 1. The van der Waals surface area contributed by atoms with Crippen LogP contribution in [-0.2, 0) is 0 Å². The molecule has 0 bridgehead atoms. The standard InChI is InChI=1S/C15H17N3O/c1-11-6-5-9-13(11)15(19)14-10-16-17-18(14)12-7-3-2-4-8-12/h2-4,7-8,10-11,13H,5-6,9H2,1H3. The molecule has 1 saturated carbocycles. The van der Waals surface area contributed by atoms with E-state index in [2.05, 4.69) is 17.2 Å². The Hall–Kier alpha value is -1.97. The molecule has 0 N–H and O–H groups in total. The normalized spacial score (nSPS) is 22.6. The van der Waals surface area contributed by atoms with E-state index in [1.165, 1.54) is 0 Å². The first kappa shape index (κ1) is 12.1. The first-order valence-electron chi connectivity index (χ1n) is 6.77. The van der Waals surface area contributed by atoms with E-state index >= 15 is 0 Å². The molecule has 0 aliphatic heterocycles. The van der Waals surface area contributed by atoms with Gasteiger partial charge in [0.05, 0.1) is 11.9 Å². The second kappa shape index (κ2) is 4.96. The number of rotatable bonds is 3. The summed E-state index contributed by atoms with van der Waals surface area (Å²) in [4.78, 5) is 12.6. The zero-order valence-corrected chi connectivity index (χ0v) is 11.0. The highest BCUT2D eigenvalue weighted by molar-refractivity contribution is 5.96. The Kier molecular flexibility index (Phi) is 3.15. The van der Waals surface area contributed by atoms with Crippen LogP contribution in [0.4, 0.5) is 0 Å². The summed E-state index contributed by atoms with van der Waals surface area (Å²) in [5.41, 5.74) is 1.49. The van der Waals surface area contributed by atoms with E-state index in [1.807, 2.05) is 30.3 Å². The van der Waals surface area contributed by atoms with E-state index < -0.39 is 0 Å². The van der Waals surface area contributed by atoms with E-state index in [1.54, 1.807) is 10.9 Å². The van der Waals surface area contributed by atoms with E-state index in [0.717, 1.165) is 24.9 Å². The van der Waals surface area contributed by atoms with Crippen molar-refractivity contribution in [2.45, 2.75) is 26.2 Å². The van der Waals surface area contributed by atoms with Gasteiger partial charge < -0.3 is 0 Å². The highest BCUT2D eigenvalue weighted by Crippen LogP contribution is 2.33. The van der Waals surface area contributed by atoms with Gasteiger partial charge in [0, 0.05) is 5.92 Å². The van der Waals surface area contributed by atoms with Gasteiger partial charge in [-0.05, 0) is 30.9 Å². The maximum atomic E-state index is 12.6. The summed E-state index contributed by atoms with van der Waals surface area (Å²) in [6.07, 6.45) is 4.86. The fraction of sp³-hybridized carbons (Fsp3) is 0.400. The molecule has 2 aromatic rings. The monoisotopic (exact) mass is 255 g/mol. The molecular formula is C15H17N3O. The minimum absolute atomic E-state index is 0.126. The van der Waals surface area contributed by atoms with Crippen molar-refractivity contribution in [2.24, 2.45) is 11.8 Å². The molecule has 98 valence electrons. The molecule has 1 heterocycles. The van der Waals surface area contributed by atoms with Gasteiger partial charge in [-0.3, -0.25) is 4.79 Å². The van der Waals surface area contributed by atoms with Crippen molar-refractivity contribution in [1.29, 1.82) is 0 Å². The molecule has 4 nitrogen and oxygen atoms in total. The topological polar surface area (TPSA) is 47.8 Å². The van der Waals surface area contributed by atoms with Gasteiger partial charge in [0.2, 0.25) is 0 Å². The van der Waals surface area contributed by atoms with Gasteiger partial charge in [-0.1, -0.05) is 36.8 Å². The molecule has 1 aliphatic carbocycles. The van der Waals surface area contributed by atoms with Crippen molar-refractivity contribution in [3.8, 4) is 5.69 Å². The zero-order chi connectivity index (χ0) is 13.2. The fourth-order valence-corrected chi connectivity index (χ4v) is 2.89. The number of Topliss-reactive ketones (excluding diaryl/α,β-unsaturated/α-hetero) is 1. The molecule has 1 aliphatic rings. The van der Waals surface area contributed by atoms with Gasteiger partial charge in [-0.2, -0.15) is 0 Å². The molecule has 1 aromatic carbocycles. The smallest absolute Gasteiger partial charge is 0.186 e. The number of carbonyl (C=O) groups excluding carboxylic acids is 1. The molecule has 1 aromatic heterocycles. The lowest BCUT2D eigenvalue weighted by atomic mass is 9.92. The second-order valence-corrected chi connectivity index (χ2v) is 5.25. The molecule has 0 radical (unpaired) electrons. The lowest BCUT2D eigenvalue weighted by Crippen LogP contribution is -2.20. The number of ketones is 1. The average molecular weight is 255 g/mol. The quantitative estimate of drug-likeness (QED) is 0.792. The predicted octanol–water partition coefficient (Wildman–Crippen LogP) is 2.89. The van der Waals surface area contributed by atoms with Crippen molar-refractivity contribution in [2.75, 3.05) is 0 Å². The van der Waals surface area contributed by atoms with Crippen molar-refractivity contribution < 1.29 is 4.79 Å². The van der Waals surface area contributed by atoms with Crippen molar-refractivity contribution in [3.63, 3.8) is 0 Å². The van der Waals surface area contributed by atoms with Crippen LogP contribution < -0.4 is 0 Å². The third kappa shape index (κ3) is 2.18. The number of benzene rings is 1. The Labute approximate surface area is 112 Å². The first-order chi connectivity index (χ1) is 9.27. The number of nitrogens with zero attached hydrogens (tertiary/aromatic N) is 3. The number of hydrogen-bond acceptors (Lipinski definition) is 3. The van der Waals surface area contributed by atoms with Gasteiger partial charge in [0.15, 0.2) is 5.78 Å². The van der Waals surface area contributed by atoms with E-state index in [4.69, 9.17) is 0 Å². The summed E-state index contributed by atoms with van der Waals surface area (Å²) in [5, 5.41) is 7.96. The number of carbonyl (C=O) groups is 1. The predicted molar refractivity (Wildman–Crippen MR) is 72.2 cm³/mol. The maximum absolute atomic E-state index is 12.6. The summed E-state index contributed by atoms with van der Waals surface area (Å²) < 4.78 is 1.65. The summed E-state index contributed by atoms with van der Waals surface area (Å²) in [6.45, 7) is 2.16. The minimum Gasteiger partial charge on any atom is -0.292 e. The van der Waals surface area contributed by atoms with Crippen molar-refractivity contribution in [3.05, 3.63) is 42.2 Å². The summed E-state index contributed by atoms with van der Waals surface area (Å²) in [6, 6.07) is 9.68. The highest BCUT2D eigenvalue weighted by Gasteiger charge is 2.32. The lowest BCUT2D eigenvalue weighted by Gasteiger charge is -2.14. The first-order valence-corrected chi connectivity index (χ1v) is 6.77. The van der Waals surface area contributed by atoms with Gasteiger partial charge in [-0.15, -0.1) is 5.10 Å². The molecule has 0 saturated heterocycles. The van der Waals surface area contributed by atoms with Gasteiger partial charge >= 0.3 is 0 Å². The third-order valence-corrected chi connectivity index (χ3v) is 4.00. The van der Waals surface area contributed by atoms with Gasteiger partial charge in [0.1, 0.15) is 5.69 Å². The molecule has 0 spiro atoms. The van der Waals surface area contributed by atoms with Gasteiger partial charge in [0.25, 0.3) is 0 Å². The molecule has 19 heavy (non-hydrogen) atoms. The van der Waals surface area contributed by atoms with E-state index in [0.29, 0.717) is 11.6 Å². The third-order valence-electron chi connectivity index (χ3n) is 4.00. The second-order valence-electron chi connectivity index (χ2n) is 5.25. The highest BCUT2D eigenvalue weighted by atomic mass is 16.1. The van der Waals surface area contributed by atoms with Crippen LogP contribution in [0.3, 0.4) is 0 Å². The van der Waals surface area contributed by atoms with Crippen LogP contribution in [0.5, 0.6) is 0 Å². The van der Waals surface area contributed by atoms with E-state index in [-0.39, 0.29) is 11.7 Å². The Morgan fingerprint density at radius 1 is 1.26 bits per heavy atom. The van der Waals surface area contributed by atoms with Crippen LogP contribution in [0.15, 0.2) is 36.5 Å². The van der Waals surface area contributed by atoms with Crippen LogP contribution in [-0.4, -0.2) is 20.8 Å². The Balaban J connectivity index is 1.94. The molecule has 4 heteroatoms. The Morgan fingerprint density at radius 2 is 2.05 bits per heavy atom. The van der Waals surface area contributed by atoms with Crippen LogP contribution in [0.25, 0.3) is 5.69 Å². The minimum atomic E-state index is 0.126. The zero-order valence-electron chi connectivity index (χ0n) is 11.0. The molecule has 1 fully saturated rings. The largest absolute Gasteiger partial charge is 0.292 e. The lowest BCUT2D eigenvalue weighted by molar-refractivity contribution is 0.0889. The molecule has 2 unspecified atom stereocenters. The Bertz CT molecular complexity index is 576. The van der Waals surface area contributed by atoms with Crippen molar-refractivity contribution >= 4 is 5.78 Å². The van der Waals surface area contributed by atoms with Gasteiger partial charge in [-0.25, -0.2) is 4.68 Å². The summed E-state index contributed by atoms with van der Waals surface area (Å²) >= 11 is 0. The van der Waals surface area contributed by atoms with Crippen molar-refractivity contribution in [1.82, 2.24) is 15.0 Å². The van der Waals surface area contributed by atoms with Crippen LogP contribution in [0.1, 0.15) is 36.7 Å². The van der Waals surface area contributed by atoms with Crippen LogP contribution in [0.2, 0.25) is 0 Å². The number of aromatic nitrogens is 3. The SMILES string of the molecule is CC1CCCC1C(=O)c1cnnn1-c1ccccc1. The van der Waals surface area contributed by atoms with E-state index in [9.17, 15) is 4.79 Å². The fourth-order valence-electron chi connectivity index (χ4n) is 2.89. The molecular weight excluding hydrogens is 238 g/mol. The molecule has 2 atom stereocenters. The number of hydrogen-bond donors (Lipinski definition) is 0. The Morgan fingerprint density at radius 3 is 2.74 bits per heavy atom. The molecule has 0 amide bonds. The van der Waals surface area contributed by atoms with Crippen LogP contribution in [0, 0.1) is 11.8 Å². The average Bonchev–Trinajstić information content (AvgIpc) is 3.07. The maximum Gasteiger partial charge on any atom is 0.186 e. The summed E-state index contributed by atoms with van der Waals surface area (Å²) in [7, 11) is 0. The van der Waals surface area contributed by atoms with Crippen LogP contribution >= 0.6 is 0 Å². The molecule has 3 rings (SSSR count). The summed E-state index contributed by atoms with van der Waals surface area (Å²) in [5.74, 6) is 0.770.